The summed E-state index contributed by atoms with van der Waals surface area (Å²) in [5.74, 6) is 2.20. The van der Waals surface area contributed by atoms with Gasteiger partial charge in [-0.3, -0.25) is 4.68 Å². The van der Waals surface area contributed by atoms with Crippen LogP contribution in [-0.4, -0.2) is 57.3 Å². The number of nitrogens with one attached hydrogen (secondary N) is 1. The monoisotopic (exact) mass is 437 g/mol. The molecule has 1 aliphatic heterocycles. The number of rotatable bonds is 9. The Morgan fingerprint density at radius 1 is 1.25 bits per heavy atom. The third kappa shape index (κ3) is 4.72. The van der Waals surface area contributed by atoms with Gasteiger partial charge in [0.25, 0.3) is 0 Å². The smallest absolute Gasteiger partial charge is 0.228 e. The van der Waals surface area contributed by atoms with E-state index in [1.54, 1.807) is 6.20 Å². The van der Waals surface area contributed by atoms with Gasteiger partial charge < -0.3 is 19.7 Å². The number of nitrogens with zero attached hydrogens (tertiary/aromatic N) is 6. The molecule has 1 N–H and O–H groups in total. The lowest BCUT2D eigenvalue weighted by Gasteiger charge is -2.30. The van der Waals surface area contributed by atoms with Crippen molar-refractivity contribution < 1.29 is 9.53 Å². The molecule has 0 radical (unpaired) electrons. The summed E-state index contributed by atoms with van der Waals surface area (Å²) >= 11 is 0. The van der Waals surface area contributed by atoms with Crippen LogP contribution in [0.25, 0.3) is 11.0 Å². The van der Waals surface area contributed by atoms with Crippen molar-refractivity contribution >= 4 is 34.9 Å². The van der Waals surface area contributed by atoms with E-state index >= 15 is 0 Å². The van der Waals surface area contributed by atoms with Crippen LogP contribution in [0.1, 0.15) is 37.9 Å². The third-order valence-electron chi connectivity index (χ3n) is 5.81. The molecule has 1 aliphatic rings. The van der Waals surface area contributed by atoms with E-state index in [-0.39, 0.29) is 5.92 Å². The summed E-state index contributed by atoms with van der Waals surface area (Å²) in [5.41, 5.74) is 3.75. The maximum Gasteiger partial charge on any atom is 0.228 e. The fourth-order valence-corrected chi connectivity index (χ4v) is 4.02. The summed E-state index contributed by atoms with van der Waals surface area (Å²) in [6, 6.07) is 3.95. The number of carbonyl (C=O) groups excluding carboxylic acids is 1. The molecular formula is C23H31N7O2. The number of aromatic nitrogens is 5. The molecule has 1 saturated heterocycles. The van der Waals surface area contributed by atoms with Gasteiger partial charge in [0, 0.05) is 31.8 Å². The molecule has 0 aliphatic carbocycles. The first-order valence-electron chi connectivity index (χ1n) is 11.4. The van der Waals surface area contributed by atoms with Crippen molar-refractivity contribution in [1.82, 2.24) is 24.7 Å². The molecule has 0 atom stereocenters. The highest BCUT2D eigenvalue weighted by Crippen LogP contribution is 2.30. The highest BCUT2D eigenvalue weighted by atomic mass is 16.5. The molecule has 9 nitrogen and oxygen atoms in total. The van der Waals surface area contributed by atoms with Gasteiger partial charge in [0.05, 0.1) is 18.8 Å². The van der Waals surface area contributed by atoms with Crippen molar-refractivity contribution in [3.8, 4) is 0 Å². The Bertz CT molecular complexity index is 1070. The lowest BCUT2D eigenvalue weighted by molar-refractivity contribution is -0.111. The number of pyridine rings is 1. The molecule has 0 spiro atoms. The third-order valence-corrected chi connectivity index (χ3v) is 5.81. The number of hydrogen-bond donors (Lipinski definition) is 1. The molecule has 9 heteroatoms. The summed E-state index contributed by atoms with van der Waals surface area (Å²) < 4.78 is 7.51. The van der Waals surface area contributed by atoms with Gasteiger partial charge in [-0.2, -0.15) is 10.1 Å². The van der Waals surface area contributed by atoms with E-state index in [0.29, 0.717) is 31.5 Å². The number of carbonyl (C=O) groups is 1. The molecule has 4 heterocycles. The molecule has 1 fully saturated rings. The molecule has 3 aromatic heterocycles. The number of hydrogen-bond acceptors (Lipinski definition) is 8. The van der Waals surface area contributed by atoms with Gasteiger partial charge in [-0.25, -0.2) is 9.97 Å². The fraction of sp³-hybridized carbons (Fsp3) is 0.522. The summed E-state index contributed by atoms with van der Waals surface area (Å²) in [7, 11) is 0. The molecule has 0 unspecified atom stereocenters. The minimum atomic E-state index is 0.122. The Balaban J connectivity index is 1.78. The Morgan fingerprint density at radius 2 is 2.06 bits per heavy atom. The SMILES string of the molecule is CCOCCn1nc(CC)c2nc(N3CCC(C=O)CC3)nc(Nc3cc(C)ccn3)c21. The number of fused-ring (bicyclic) bond motifs is 1. The second kappa shape index (κ2) is 10.0. The van der Waals surface area contributed by atoms with Crippen LogP contribution in [0, 0.1) is 12.8 Å². The summed E-state index contributed by atoms with van der Waals surface area (Å²) in [5, 5.41) is 8.23. The lowest BCUT2D eigenvalue weighted by atomic mass is 9.99. The van der Waals surface area contributed by atoms with Gasteiger partial charge >= 0.3 is 0 Å². The maximum atomic E-state index is 11.2. The highest BCUT2D eigenvalue weighted by Gasteiger charge is 2.24. The van der Waals surface area contributed by atoms with E-state index in [1.165, 1.54) is 0 Å². The Kier molecular flexibility index (Phi) is 6.94. The molecule has 32 heavy (non-hydrogen) atoms. The van der Waals surface area contributed by atoms with Gasteiger partial charge in [0.15, 0.2) is 5.82 Å². The van der Waals surface area contributed by atoms with Crippen molar-refractivity contribution in [3.63, 3.8) is 0 Å². The second-order valence-corrected chi connectivity index (χ2v) is 8.09. The van der Waals surface area contributed by atoms with Crippen LogP contribution in [0.2, 0.25) is 0 Å². The number of aldehydes is 1. The first-order valence-corrected chi connectivity index (χ1v) is 11.4. The Hall–Kier alpha value is -3.07. The van der Waals surface area contributed by atoms with Crippen LogP contribution in [0.3, 0.4) is 0 Å². The Morgan fingerprint density at radius 3 is 2.75 bits per heavy atom. The molecular weight excluding hydrogens is 406 g/mol. The van der Waals surface area contributed by atoms with E-state index in [0.717, 1.165) is 66.7 Å². The number of piperidine rings is 1. The van der Waals surface area contributed by atoms with Crippen LogP contribution in [0.15, 0.2) is 18.3 Å². The largest absolute Gasteiger partial charge is 0.380 e. The lowest BCUT2D eigenvalue weighted by Crippen LogP contribution is -2.35. The molecule has 3 aromatic rings. The molecule has 0 bridgehead atoms. The minimum Gasteiger partial charge on any atom is -0.380 e. The zero-order valence-electron chi connectivity index (χ0n) is 19.0. The van der Waals surface area contributed by atoms with E-state index in [4.69, 9.17) is 19.8 Å². The summed E-state index contributed by atoms with van der Waals surface area (Å²) in [4.78, 5) is 27.6. The predicted octanol–water partition coefficient (Wildman–Crippen LogP) is 3.29. The fourth-order valence-electron chi connectivity index (χ4n) is 4.02. The van der Waals surface area contributed by atoms with Crippen molar-refractivity contribution in [2.45, 2.75) is 46.6 Å². The predicted molar refractivity (Wildman–Crippen MR) is 124 cm³/mol. The molecule has 170 valence electrons. The molecule has 4 rings (SSSR count). The number of aryl methyl sites for hydroxylation is 2. The van der Waals surface area contributed by atoms with E-state index < -0.39 is 0 Å². The van der Waals surface area contributed by atoms with E-state index in [9.17, 15) is 4.79 Å². The van der Waals surface area contributed by atoms with Crippen molar-refractivity contribution in [2.24, 2.45) is 5.92 Å². The zero-order chi connectivity index (χ0) is 22.5. The zero-order valence-corrected chi connectivity index (χ0v) is 19.0. The number of ether oxygens (including phenoxy) is 1. The van der Waals surface area contributed by atoms with E-state index in [1.807, 2.05) is 30.7 Å². The summed E-state index contributed by atoms with van der Waals surface area (Å²) in [6.07, 6.45) is 5.26. The average molecular weight is 438 g/mol. The van der Waals surface area contributed by atoms with Crippen molar-refractivity contribution in [3.05, 3.63) is 29.6 Å². The molecule has 0 aromatic carbocycles. The first kappa shape index (κ1) is 22.1. The van der Waals surface area contributed by atoms with Gasteiger partial charge in [0.2, 0.25) is 5.95 Å². The topological polar surface area (TPSA) is 98.1 Å². The van der Waals surface area contributed by atoms with Gasteiger partial charge in [0.1, 0.15) is 23.1 Å². The standard InChI is InChI=1S/C23H31N7O2/c1-4-18-20-21(30(28-18)12-13-32-5-2)22(25-19-14-16(3)6-9-24-19)27-23(26-20)29-10-7-17(15-31)8-11-29/h6,9,14-15,17H,4-5,7-8,10-13H2,1-3H3,(H,24,25,26,27). The van der Waals surface area contributed by atoms with Crippen LogP contribution < -0.4 is 10.2 Å². The highest BCUT2D eigenvalue weighted by molar-refractivity contribution is 5.90. The molecule has 0 saturated carbocycles. The van der Waals surface area contributed by atoms with Gasteiger partial charge in [-0.15, -0.1) is 0 Å². The van der Waals surface area contributed by atoms with E-state index in [2.05, 4.69) is 22.1 Å². The summed E-state index contributed by atoms with van der Waals surface area (Å²) in [6.45, 7) is 9.47. The second-order valence-electron chi connectivity index (χ2n) is 8.09. The van der Waals surface area contributed by atoms with Gasteiger partial charge in [-0.1, -0.05) is 6.92 Å². The minimum absolute atomic E-state index is 0.122. The first-order chi connectivity index (χ1) is 15.6. The number of anilines is 3. The maximum absolute atomic E-state index is 11.2. The van der Waals surface area contributed by atoms with Crippen LogP contribution in [-0.2, 0) is 22.5 Å². The normalized spacial score (nSPS) is 14.8. The Labute approximate surface area is 188 Å². The van der Waals surface area contributed by atoms with Crippen molar-refractivity contribution in [1.29, 1.82) is 0 Å². The van der Waals surface area contributed by atoms with Crippen LogP contribution in [0.5, 0.6) is 0 Å². The quantitative estimate of drug-likeness (QED) is 0.402. The molecule has 0 amide bonds. The van der Waals surface area contributed by atoms with Gasteiger partial charge in [-0.05, 0) is 50.8 Å². The van der Waals surface area contributed by atoms with Crippen molar-refractivity contribution in [2.75, 3.05) is 36.5 Å². The van der Waals surface area contributed by atoms with Crippen LogP contribution >= 0.6 is 0 Å². The average Bonchev–Trinajstić information content (AvgIpc) is 3.17. The van der Waals surface area contributed by atoms with Crippen LogP contribution in [0.4, 0.5) is 17.6 Å².